The van der Waals surface area contributed by atoms with Crippen LogP contribution in [0.3, 0.4) is 0 Å². The Kier molecular flexibility index (Phi) is 8.41. The van der Waals surface area contributed by atoms with Crippen molar-refractivity contribution in [2.45, 2.75) is 95.7 Å². The molecule has 1 saturated heterocycles. The Balaban J connectivity index is 1.60. The first kappa shape index (κ1) is 24.2. The number of likely N-dealkylation sites (tertiary alicyclic amines) is 1. The van der Waals surface area contributed by atoms with Crippen molar-refractivity contribution in [3.05, 3.63) is 22.2 Å². The van der Waals surface area contributed by atoms with E-state index in [-0.39, 0.29) is 17.9 Å². The van der Waals surface area contributed by atoms with Crippen molar-refractivity contribution >= 4 is 28.3 Å². The molecule has 0 aromatic carbocycles. The number of nitrogens with one attached hydrogen (secondary N) is 2. The minimum atomic E-state index is -0.590. The normalized spacial score (nSPS) is 23.3. The summed E-state index contributed by atoms with van der Waals surface area (Å²) in [5.41, 5.74) is 8.42. The van der Waals surface area contributed by atoms with Gasteiger partial charge in [0.25, 0.3) is 0 Å². The Hall–Kier alpha value is -1.93. The van der Waals surface area contributed by atoms with Crippen LogP contribution in [0.1, 0.15) is 81.9 Å². The van der Waals surface area contributed by atoms with Crippen molar-refractivity contribution in [1.29, 1.82) is 0 Å². The number of anilines is 1. The SMILES string of the molecule is CN1CCCC1C(=O)NC(C(=O)NCc1cnc(N)s1)C(=C1CCCCC1)C1CCCCC1. The average molecular weight is 474 g/mol. The van der Waals surface area contributed by atoms with Crippen LogP contribution in [0, 0.1) is 5.92 Å². The predicted molar refractivity (Wildman–Crippen MR) is 133 cm³/mol. The molecule has 182 valence electrons. The van der Waals surface area contributed by atoms with Crippen molar-refractivity contribution in [2.24, 2.45) is 5.92 Å². The Morgan fingerprint density at radius 1 is 1.12 bits per heavy atom. The number of allylic oxidation sites excluding steroid dienone is 1. The van der Waals surface area contributed by atoms with E-state index in [1.807, 2.05) is 7.05 Å². The van der Waals surface area contributed by atoms with Gasteiger partial charge in [-0.3, -0.25) is 14.5 Å². The number of carbonyl (C=O) groups is 2. The lowest BCUT2D eigenvalue weighted by molar-refractivity contribution is -0.130. The molecule has 2 saturated carbocycles. The fraction of sp³-hybridized carbons (Fsp3) is 0.720. The predicted octanol–water partition coefficient (Wildman–Crippen LogP) is 3.76. The van der Waals surface area contributed by atoms with Gasteiger partial charge in [-0.15, -0.1) is 11.3 Å². The summed E-state index contributed by atoms with van der Waals surface area (Å²) in [7, 11) is 2.00. The molecule has 2 amide bonds. The number of carbonyl (C=O) groups excluding carboxylic acids is 2. The van der Waals surface area contributed by atoms with Gasteiger partial charge in [0, 0.05) is 11.1 Å². The van der Waals surface area contributed by atoms with Crippen LogP contribution in [0.15, 0.2) is 17.3 Å². The molecule has 2 atom stereocenters. The zero-order chi connectivity index (χ0) is 23.2. The maximum Gasteiger partial charge on any atom is 0.247 e. The van der Waals surface area contributed by atoms with Crippen LogP contribution in [0.4, 0.5) is 5.13 Å². The summed E-state index contributed by atoms with van der Waals surface area (Å²) in [6.45, 7) is 1.31. The van der Waals surface area contributed by atoms with E-state index in [4.69, 9.17) is 5.73 Å². The minimum Gasteiger partial charge on any atom is -0.375 e. The Morgan fingerprint density at radius 2 is 1.85 bits per heavy atom. The lowest BCUT2D eigenvalue weighted by atomic mass is 9.75. The molecule has 8 heteroatoms. The molecule has 0 bridgehead atoms. The molecule has 2 aliphatic carbocycles. The molecule has 2 unspecified atom stereocenters. The third kappa shape index (κ3) is 6.15. The molecule has 3 fully saturated rings. The number of rotatable bonds is 7. The first-order chi connectivity index (χ1) is 16.0. The summed E-state index contributed by atoms with van der Waals surface area (Å²) in [6, 6.07) is -0.737. The number of thiazole rings is 1. The number of aromatic nitrogens is 1. The van der Waals surface area contributed by atoms with E-state index in [1.54, 1.807) is 6.20 Å². The van der Waals surface area contributed by atoms with E-state index in [9.17, 15) is 9.59 Å². The monoisotopic (exact) mass is 473 g/mol. The Labute approximate surface area is 201 Å². The van der Waals surface area contributed by atoms with Gasteiger partial charge in [0.2, 0.25) is 11.8 Å². The lowest BCUT2D eigenvalue weighted by Crippen LogP contribution is -2.53. The molecule has 1 aromatic rings. The van der Waals surface area contributed by atoms with E-state index in [1.165, 1.54) is 61.0 Å². The maximum absolute atomic E-state index is 13.7. The van der Waals surface area contributed by atoms with Crippen LogP contribution < -0.4 is 16.4 Å². The van der Waals surface area contributed by atoms with Crippen LogP contribution in [0.5, 0.6) is 0 Å². The highest BCUT2D eigenvalue weighted by Crippen LogP contribution is 2.38. The second-order valence-corrected chi connectivity index (χ2v) is 11.1. The number of hydrogen-bond donors (Lipinski definition) is 3. The first-order valence-electron chi connectivity index (χ1n) is 12.7. The van der Waals surface area contributed by atoms with Gasteiger partial charge in [0.05, 0.1) is 12.6 Å². The van der Waals surface area contributed by atoms with Gasteiger partial charge in [0.1, 0.15) is 6.04 Å². The zero-order valence-corrected chi connectivity index (χ0v) is 20.7. The van der Waals surface area contributed by atoms with Gasteiger partial charge in [-0.05, 0) is 76.5 Å². The molecular weight excluding hydrogens is 434 g/mol. The molecule has 33 heavy (non-hydrogen) atoms. The van der Waals surface area contributed by atoms with Crippen molar-refractivity contribution in [2.75, 3.05) is 19.3 Å². The molecule has 0 spiro atoms. The van der Waals surface area contributed by atoms with Crippen molar-refractivity contribution < 1.29 is 9.59 Å². The smallest absolute Gasteiger partial charge is 0.247 e. The number of likely N-dealkylation sites (N-methyl/N-ethyl adjacent to an activating group) is 1. The van der Waals surface area contributed by atoms with Gasteiger partial charge in [-0.1, -0.05) is 31.3 Å². The van der Waals surface area contributed by atoms with Crippen LogP contribution in [-0.2, 0) is 16.1 Å². The third-order valence-electron chi connectivity index (χ3n) is 7.60. The zero-order valence-electron chi connectivity index (χ0n) is 19.9. The topological polar surface area (TPSA) is 100 Å². The highest BCUT2D eigenvalue weighted by molar-refractivity contribution is 7.15. The number of nitrogens with two attached hydrogens (primary N) is 1. The van der Waals surface area contributed by atoms with E-state index in [2.05, 4.69) is 20.5 Å². The second kappa shape index (κ2) is 11.5. The quantitative estimate of drug-likeness (QED) is 0.524. The first-order valence-corrected chi connectivity index (χ1v) is 13.5. The number of amides is 2. The molecule has 0 radical (unpaired) electrons. The van der Waals surface area contributed by atoms with E-state index >= 15 is 0 Å². The number of nitrogen functional groups attached to an aromatic ring is 1. The fourth-order valence-electron chi connectivity index (χ4n) is 5.85. The van der Waals surface area contributed by atoms with E-state index in [0.29, 0.717) is 17.6 Å². The van der Waals surface area contributed by atoms with Crippen LogP contribution in [-0.4, -0.2) is 47.4 Å². The number of nitrogens with zero attached hydrogens (tertiary/aromatic N) is 2. The lowest BCUT2D eigenvalue weighted by Gasteiger charge is -2.34. The van der Waals surface area contributed by atoms with Crippen molar-refractivity contribution in [3.63, 3.8) is 0 Å². The summed E-state index contributed by atoms with van der Waals surface area (Å²) in [5, 5.41) is 6.83. The highest BCUT2D eigenvalue weighted by Gasteiger charge is 2.36. The van der Waals surface area contributed by atoms with Gasteiger partial charge < -0.3 is 16.4 Å². The summed E-state index contributed by atoms with van der Waals surface area (Å²) in [5.74, 6) is 0.278. The largest absolute Gasteiger partial charge is 0.375 e. The molecule has 1 aromatic heterocycles. The van der Waals surface area contributed by atoms with Gasteiger partial charge >= 0.3 is 0 Å². The average Bonchev–Trinajstić information content (AvgIpc) is 3.46. The summed E-state index contributed by atoms with van der Waals surface area (Å²) < 4.78 is 0. The van der Waals surface area contributed by atoms with Crippen LogP contribution in [0.2, 0.25) is 0 Å². The Bertz CT molecular complexity index is 853. The van der Waals surface area contributed by atoms with Gasteiger partial charge in [-0.2, -0.15) is 0 Å². The summed E-state index contributed by atoms with van der Waals surface area (Å²) >= 11 is 1.39. The third-order valence-corrected chi connectivity index (χ3v) is 8.43. The highest BCUT2D eigenvalue weighted by atomic mass is 32.1. The molecule has 7 nitrogen and oxygen atoms in total. The van der Waals surface area contributed by atoms with Crippen LogP contribution in [0.25, 0.3) is 0 Å². The molecule has 3 aliphatic rings. The molecule has 4 N–H and O–H groups in total. The van der Waals surface area contributed by atoms with E-state index < -0.39 is 6.04 Å². The van der Waals surface area contributed by atoms with Gasteiger partial charge in [-0.25, -0.2) is 4.98 Å². The van der Waals surface area contributed by atoms with E-state index in [0.717, 1.165) is 49.9 Å². The Morgan fingerprint density at radius 3 is 2.48 bits per heavy atom. The fourth-order valence-corrected chi connectivity index (χ4v) is 6.48. The van der Waals surface area contributed by atoms with Crippen LogP contribution >= 0.6 is 11.3 Å². The molecular formula is C25H39N5O2S. The molecule has 4 rings (SSSR count). The summed E-state index contributed by atoms with van der Waals surface area (Å²) in [6.07, 6.45) is 15.2. The molecule has 1 aliphatic heterocycles. The van der Waals surface area contributed by atoms with Gasteiger partial charge in [0.15, 0.2) is 5.13 Å². The molecule has 2 heterocycles. The van der Waals surface area contributed by atoms with Crippen molar-refractivity contribution in [3.8, 4) is 0 Å². The second-order valence-electron chi connectivity index (χ2n) is 9.92. The standard InChI is InChI=1S/C25H39N5O2S/c1-30-14-8-13-20(30)23(31)29-22(24(32)27-15-19-16-28-25(26)33-19)21(17-9-4-2-5-10-17)18-11-6-3-7-12-18/h16-17,20,22H,2-15H2,1H3,(H2,26,28)(H,27,32)(H,29,31). The minimum absolute atomic E-state index is 0.0121. The maximum atomic E-state index is 13.7. The number of hydrogen-bond acceptors (Lipinski definition) is 6. The summed E-state index contributed by atoms with van der Waals surface area (Å²) in [4.78, 5) is 34.1. The van der Waals surface area contributed by atoms with Crippen molar-refractivity contribution in [1.82, 2.24) is 20.5 Å².